The zero-order valence-electron chi connectivity index (χ0n) is 9.64. The number of halogens is 1. The van der Waals surface area contributed by atoms with Crippen molar-refractivity contribution in [2.75, 3.05) is 44.2 Å². The second-order valence-corrected chi connectivity index (χ2v) is 4.93. The Hall–Kier alpha value is -0.910. The minimum Gasteiger partial charge on any atom is -0.352 e. The van der Waals surface area contributed by atoms with Crippen molar-refractivity contribution in [1.29, 1.82) is 0 Å². The van der Waals surface area contributed by atoms with Gasteiger partial charge in [-0.25, -0.2) is 4.98 Å². The van der Waals surface area contributed by atoms with Crippen LogP contribution in [0.4, 0.5) is 5.82 Å². The molecule has 2 saturated heterocycles. The van der Waals surface area contributed by atoms with Crippen LogP contribution in [0.2, 0.25) is 5.15 Å². The molecule has 1 aromatic heterocycles. The first-order valence-electron chi connectivity index (χ1n) is 6.00. The molecule has 1 N–H and O–H groups in total. The van der Waals surface area contributed by atoms with E-state index in [-0.39, 0.29) is 0 Å². The number of anilines is 1. The average Bonchev–Trinajstić information content (AvgIpc) is 2.28. The number of rotatable bonds is 2. The molecule has 0 amide bonds. The van der Waals surface area contributed by atoms with Crippen molar-refractivity contribution >= 4 is 17.4 Å². The van der Waals surface area contributed by atoms with E-state index in [2.05, 4.69) is 25.1 Å². The lowest BCUT2D eigenvalue weighted by molar-refractivity contribution is 0.147. The highest BCUT2D eigenvalue weighted by Gasteiger charge is 2.33. The van der Waals surface area contributed by atoms with Gasteiger partial charge in [0.25, 0.3) is 0 Å². The van der Waals surface area contributed by atoms with Gasteiger partial charge in [-0.05, 0) is 0 Å². The molecule has 3 rings (SSSR count). The number of piperazine rings is 1. The van der Waals surface area contributed by atoms with Gasteiger partial charge in [0.2, 0.25) is 0 Å². The van der Waals surface area contributed by atoms with Crippen molar-refractivity contribution in [1.82, 2.24) is 20.2 Å². The monoisotopic (exact) mass is 253 g/mol. The molecule has 0 bridgehead atoms. The molecule has 0 aliphatic carbocycles. The van der Waals surface area contributed by atoms with E-state index in [9.17, 15) is 0 Å². The maximum atomic E-state index is 5.84. The highest BCUT2D eigenvalue weighted by Crippen LogP contribution is 2.22. The first-order chi connectivity index (χ1) is 8.33. The van der Waals surface area contributed by atoms with Crippen LogP contribution in [0.1, 0.15) is 0 Å². The molecule has 0 aromatic carbocycles. The maximum Gasteiger partial charge on any atom is 0.149 e. The molecule has 0 saturated carbocycles. The van der Waals surface area contributed by atoms with Crippen LogP contribution in [0.3, 0.4) is 0 Å². The average molecular weight is 254 g/mol. The lowest BCUT2D eigenvalue weighted by atomic mass is 10.1. The van der Waals surface area contributed by atoms with E-state index >= 15 is 0 Å². The molecule has 6 heteroatoms. The molecule has 17 heavy (non-hydrogen) atoms. The number of hydrogen-bond donors (Lipinski definition) is 1. The van der Waals surface area contributed by atoms with Crippen molar-refractivity contribution < 1.29 is 0 Å². The van der Waals surface area contributed by atoms with Gasteiger partial charge in [-0.3, -0.25) is 9.88 Å². The summed E-state index contributed by atoms with van der Waals surface area (Å²) in [5.74, 6) is 0.892. The molecule has 3 heterocycles. The van der Waals surface area contributed by atoms with Crippen LogP contribution >= 0.6 is 11.6 Å². The molecule has 2 aliphatic rings. The Morgan fingerprint density at radius 1 is 1.24 bits per heavy atom. The Kier molecular flexibility index (Phi) is 3.13. The van der Waals surface area contributed by atoms with Gasteiger partial charge in [0, 0.05) is 45.3 Å². The summed E-state index contributed by atoms with van der Waals surface area (Å²) < 4.78 is 0. The lowest BCUT2D eigenvalue weighted by Crippen LogP contribution is -2.63. The van der Waals surface area contributed by atoms with Gasteiger partial charge in [-0.1, -0.05) is 11.6 Å². The molecule has 2 aliphatic heterocycles. The van der Waals surface area contributed by atoms with E-state index in [0.29, 0.717) is 11.2 Å². The molecule has 2 fully saturated rings. The fraction of sp³-hybridized carbons (Fsp3) is 0.636. The molecule has 0 radical (unpaired) electrons. The van der Waals surface area contributed by atoms with Gasteiger partial charge in [-0.15, -0.1) is 0 Å². The SMILES string of the molecule is Clc1cncc(N2CC(N3CCNCC3)C2)n1. The summed E-state index contributed by atoms with van der Waals surface area (Å²) >= 11 is 5.84. The Morgan fingerprint density at radius 3 is 2.71 bits per heavy atom. The van der Waals surface area contributed by atoms with Crippen LogP contribution in [0.25, 0.3) is 0 Å². The zero-order valence-corrected chi connectivity index (χ0v) is 10.4. The van der Waals surface area contributed by atoms with E-state index < -0.39 is 0 Å². The summed E-state index contributed by atoms with van der Waals surface area (Å²) in [6, 6.07) is 0.665. The predicted octanol–water partition coefficient (Wildman–Crippen LogP) is 0.224. The Balaban J connectivity index is 1.57. The summed E-state index contributed by atoms with van der Waals surface area (Å²) in [7, 11) is 0. The standard InChI is InChI=1S/C11H16ClN5/c12-10-5-14-6-11(15-10)17-7-9(8-17)16-3-1-13-2-4-16/h5-6,9,13H,1-4,7-8H2. The van der Waals surface area contributed by atoms with Crippen LogP contribution in [0, 0.1) is 0 Å². The molecule has 0 spiro atoms. The third-order valence-electron chi connectivity index (χ3n) is 3.45. The van der Waals surface area contributed by atoms with Gasteiger partial charge >= 0.3 is 0 Å². The van der Waals surface area contributed by atoms with Gasteiger partial charge in [0.1, 0.15) is 11.0 Å². The first-order valence-corrected chi connectivity index (χ1v) is 6.38. The van der Waals surface area contributed by atoms with Crippen molar-refractivity contribution in [3.8, 4) is 0 Å². The van der Waals surface area contributed by atoms with Crippen molar-refractivity contribution in [2.24, 2.45) is 0 Å². The second-order valence-electron chi connectivity index (χ2n) is 4.54. The van der Waals surface area contributed by atoms with Crippen molar-refractivity contribution in [2.45, 2.75) is 6.04 Å². The largest absolute Gasteiger partial charge is 0.352 e. The normalized spacial score (nSPS) is 22.5. The molecule has 1 aromatic rings. The first kappa shape index (κ1) is 11.2. The molecule has 0 atom stereocenters. The van der Waals surface area contributed by atoms with E-state index in [1.54, 1.807) is 12.4 Å². The minimum atomic E-state index is 0.466. The Bertz CT molecular complexity index is 387. The zero-order chi connectivity index (χ0) is 11.7. The van der Waals surface area contributed by atoms with Gasteiger partial charge in [0.05, 0.1) is 12.4 Å². The minimum absolute atomic E-state index is 0.466. The van der Waals surface area contributed by atoms with Crippen molar-refractivity contribution in [3.63, 3.8) is 0 Å². The topological polar surface area (TPSA) is 44.3 Å². The van der Waals surface area contributed by atoms with Crippen LogP contribution in [0.15, 0.2) is 12.4 Å². The Morgan fingerprint density at radius 2 is 2.00 bits per heavy atom. The van der Waals surface area contributed by atoms with E-state index in [1.807, 2.05) is 0 Å². The summed E-state index contributed by atoms with van der Waals surface area (Å²) in [6.07, 6.45) is 3.35. The summed E-state index contributed by atoms with van der Waals surface area (Å²) in [5.41, 5.74) is 0. The summed E-state index contributed by atoms with van der Waals surface area (Å²) in [6.45, 7) is 6.59. The van der Waals surface area contributed by atoms with E-state index in [4.69, 9.17) is 11.6 Å². The predicted molar refractivity (Wildman–Crippen MR) is 67.5 cm³/mol. The lowest BCUT2D eigenvalue weighted by Gasteiger charge is -2.47. The molecule has 92 valence electrons. The van der Waals surface area contributed by atoms with Crippen molar-refractivity contribution in [3.05, 3.63) is 17.5 Å². The molecular weight excluding hydrogens is 238 g/mol. The number of hydrogen-bond acceptors (Lipinski definition) is 5. The number of nitrogens with zero attached hydrogens (tertiary/aromatic N) is 4. The van der Waals surface area contributed by atoms with Crippen LogP contribution < -0.4 is 10.2 Å². The van der Waals surface area contributed by atoms with Crippen LogP contribution in [-0.4, -0.2) is 60.2 Å². The summed E-state index contributed by atoms with van der Waals surface area (Å²) in [4.78, 5) is 13.1. The van der Waals surface area contributed by atoms with E-state index in [0.717, 1.165) is 45.1 Å². The molecule has 5 nitrogen and oxygen atoms in total. The van der Waals surface area contributed by atoms with Crippen LogP contribution in [-0.2, 0) is 0 Å². The maximum absolute atomic E-state index is 5.84. The highest BCUT2D eigenvalue weighted by molar-refractivity contribution is 6.29. The molecular formula is C11H16ClN5. The molecule has 0 unspecified atom stereocenters. The number of aromatic nitrogens is 2. The third-order valence-corrected chi connectivity index (χ3v) is 3.63. The number of nitrogens with one attached hydrogen (secondary N) is 1. The quantitative estimate of drug-likeness (QED) is 0.817. The highest BCUT2D eigenvalue weighted by atomic mass is 35.5. The fourth-order valence-corrected chi connectivity index (χ4v) is 2.55. The fourth-order valence-electron chi connectivity index (χ4n) is 2.41. The summed E-state index contributed by atoms with van der Waals surface area (Å²) in [5, 5.41) is 3.84. The van der Waals surface area contributed by atoms with E-state index in [1.165, 1.54) is 0 Å². The van der Waals surface area contributed by atoms with Gasteiger partial charge < -0.3 is 10.2 Å². The van der Waals surface area contributed by atoms with Gasteiger partial charge in [-0.2, -0.15) is 0 Å². The smallest absolute Gasteiger partial charge is 0.149 e. The third kappa shape index (κ3) is 2.36. The Labute approximate surface area is 106 Å². The van der Waals surface area contributed by atoms with Crippen LogP contribution in [0.5, 0.6) is 0 Å². The second kappa shape index (κ2) is 4.76. The van der Waals surface area contributed by atoms with Gasteiger partial charge in [0.15, 0.2) is 0 Å².